The maximum atomic E-state index is 12.7. The predicted octanol–water partition coefficient (Wildman–Crippen LogP) is 2.75. The van der Waals surface area contributed by atoms with Crippen LogP contribution in [0.15, 0.2) is 8.94 Å². The smallest absolute Gasteiger partial charge is 0.291 e. The van der Waals surface area contributed by atoms with Crippen molar-refractivity contribution in [1.29, 1.82) is 0 Å². The van der Waals surface area contributed by atoms with Crippen molar-refractivity contribution in [3.63, 3.8) is 0 Å². The first-order chi connectivity index (χ1) is 11.7. The largest absolute Gasteiger partial charge is 0.435 e. The maximum Gasteiger partial charge on any atom is 0.291 e. The summed E-state index contributed by atoms with van der Waals surface area (Å²) in [5, 5.41) is 4.08. The van der Waals surface area contributed by atoms with Crippen molar-refractivity contribution < 1.29 is 13.7 Å². The summed E-state index contributed by atoms with van der Waals surface area (Å²) < 4.78 is 11.2. The number of carbonyl (C=O) groups excluding carboxylic acids is 1. The number of aryl methyl sites for hydroxylation is 1. The van der Waals surface area contributed by atoms with E-state index in [0.717, 1.165) is 43.8 Å². The van der Waals surface area contributed by atoms with Gasteiger partial charge in [-0.25, -0.2) is 4.98 Å². The standard InChI is InChI=1S/C17H20N4O3/c1-9-13(23-15(18-9)11-4-5-11)17(22)21-7-6-12(8-21)16-19-14(20-24-16)10-2-3-10/h10-12H,2-8H2,1H3. The van der Waals surface area contributed by atoms with Gasteiger partial charge >= 0.3 is 0 Å². The molecule has 0 radical (unpaired) electrons. The van der Waals surface area contributed by atoms with Crippen LogP contribution in [0.4, 0.5) is 0 Å². The lowest BCUT2D eigenvalue weighted by Crippen LogP contribution is -2.28. The minimum atomic E-state index is -0.0728. The number of likely N-dealkylation sites (tertiary alicyclic amines) is 1. The van der Waals surface area contributed by atoms with Gasteiger partial charge in [0.1, 0.15) is 0 Å². The third-order valence-electron chi connectivity index (χ3n) is 5.16. The van der Waals surface area contributed by atoms with E-state index in [9.17, 15) is 4.79 Å². The van der Waals surface area contributed by atoms with E-state index in [2.05, 4.69) is 15.1 Å². The molecule has 3 fully saturated rings. The molecule has 1 aliphatic heterocycles. The van der Waals surface area contributed by atoms with Crippen molar-refractivity contribution >= 4 is 5.91 Å². The highest BCUT2D eigenvalue weighted by Gasteiger charge is 2.37. The van der Waals surface area contributed by atoms with Crippen LogP contribution < -0.4 is 0 Å². The molecule has 0 bridgehead atoms. The summed E-state index contributed by atoms with van der Waals surface area (Å²) in [6, 6.07) is 0. The van der Waals surface area contributed by atoms with Gasteiger partial charge < -0.3 is 13.8 Å². The van der Waals surface area contributed by atoms with Gasteiger partial charge in [-0.2, -0.15) is 4.98 Å². The van der Waals surface area contributed by atoms with E-state index in [4.69, 9.17) is 8.94 Å². The minimum absolute atomic E-state index is 0.0728. The number of carbonyl (C=O) groups is 1. The van der Waals surface area contributed by atoms with Gasteiger partial charge in [0.05, 0.1) is 11.6 Å². The fraction of sp³-hybridized carbons (Fsp3) is 0.647. The summed E-state index contributed by atoms with van der Waals surface area (Å²) in [6.45, 7) is 3.13. The Labute approximate surface area is 139 Å². The number of rotatable bonds is 4. The van der Waals surface area contributed by atoms with Crippen LogP contribution in [0.5, 0.6) is 0 Å². The molecule has 1 atom stereocenters. The highest BCUT2D eigenvalue weighted by atomic mass is 16.5. The summed E-state index contributed by atoms with van der Waals surface area (Å²) in [4.78, 5) is 23.5. The fourth-order valence-electron chi connectivity index (χ4n) is 3.33. The molecule has 1 unspecified atom stereocenters. The number of nitrogens with zero attached hydrogens (tertiary/aromatic N) is 4. The zero-order valence-corrected chi connectivity index (χ0v) is 13.7. The topological polar surface area (TPSA) is 85.3 Å². The summed E-state index contributed by atoms with van der Waals surface area (Å²) >= 11 is 0. The Morgan fingerprint density at radius 3 is 2.58 bits per heavy atom. The Kier molecular flexibility index (Phi) is 3.05. The minimum Gasteiger partial charge on any atom is -0.435 e. The molecular weight excluding hydrogens is 308 g/mol. The number of amides is 1. The van der Waals surface area contributed by atoms with Gasteiger partial charge in [-0.3, -0.25) is 4.79 Å². The second-order valence-electron chi connectivity index (χ2n) is 7.24. The van der Waals surface area contributed by atoms with Crippen LogP contribution in [0.2, 0.25) is 0 Å². The highest BCUT2D eigenvalue weighted by Crippen LogP contribution is 2.41. The molecule has 0 spiro atoms. The van der Waals surface area contributed by atoms with Crippen molar-refractivity contribution in [3.05, 3.63) is 29.1 Å². The predicted molar refractivity (Wildman–Crippen MR) is 82.7 cm³/mol. The van der Waals surface area contributed by atoms with Crippen molar-refractivity contribution in [1.82, 2.24) is 20.0 Å². The average molecular weight is 328 g/mol. The number of hydrogen-bond donors (Lipinski definition) is 0. The van der Waals surface area contributed by atoms with Crippen molar-refractivity contribution in [2.45, 2.75) is 56.8 Å². The Morgan fingerprint density at radius 1 is 1.04 bits per heavy atom. The maximum absolute atomic E-state index is 12.7. The summed E-state index contributed by atoms with van der Waals surface area (Å²) in [6.07, 6.45) is 5.38. The van der Waals surface area contributed by atoms with Gasteiger partial charge in [0.25, 0.3) is 5.91 Å². The Balaban J connectivity index is 1.30. The second kappa shape index (κ2) is 5.16. The molecule has 2 aromatic rings. The van der Waals surface area contributed by atoms with Gasteiger partial charge in [-0.15, -0.1) is 0 Å². The number of hydrogen-bond acceptors (Lipinski definition) is 6. The lowest BCUT2D eigenvalue weighted by molar-refractivity contribution is 0.0755. The zero-order valence-electron chi connectivity index (χ0n) is 13.7. The van der Waals surface area contributed by atoms with E-state index in [1.54, 1.807) is 0 Å². The van der Waals surface area contributed by atoms with Crippen molar-refractivity contribution in [2.24, 2.45) is 0 Å². The molecule has 1 saturated heterocycles. The van der Waals surface area contributed by atoms with E-state index in [-0.39, 0.29) is 11.8 Å². The molecule has 1 amide bonds. The first-order valence-corrected chi connectivity index (χ1v) is 8.79. The lowest BCUT2D eigenvalue weighted by Gasteiger charge is -2.14. The van der Waals surface area contributed by atoms with Crippen LogP contribution in [-0.2, 0) is 0 Å². The van der Waals surface area contributed by atoms with Gasteiger partial charge in [0, 0.05) is 24.9 Å². The van der Waals surface area contributed by atoms with Crippen LogP contribution in [0, 0.1) is 6.92 Å². The molecule has 7 heteroatoms. The molecule has 7 nitrogen and oxygen atoms in total. The summed E-state index contributed by atoms with van der Waals surface area (Å²) in [7, 11) is 0. The van der Waals surface area contributed by atoms with Crippen LogP contribution >= 0.6 is 0 Å². The van der Waals surface area contributed by atoms with Crippen molar-refractivity contribution in [3.8, 4) is 0 Å². The average Bonchev–Trinajstić information content (AvgIpc) is 3.47. The first-order valence-electron chi connectivity index (χ1n) is 8.79. The van der Waals surface area contributed by atoms with E-state index >= 15 is 0 Å². The van der Waals surface area contributed by atoms with Crippen LogP contribution in [-0.4, -0.2) is 39.0 Å². The zero-order chi connectivity index (χ0) is 16.3. The molecule has 0 N–H and O–H groups in total. The number of oxazole rings is 1. The third kappa shape index (κ3) is 2.42. The summed E-state index contributed by atoms with van der Waals surface area (Å²) in [5.74, 6) is 3.56. The lowest BCUT2D eigenvalue weighted by atomic mass is 10.1. The molecule has 24 heavy (non-hydrogen) atoms. The molecule has 0 aromatic carbocycles. The van der Waals surface area contributed by atoms with Gasteiger partial charge in [-0.1, -0.05) is 5.16 Å². The molecule has 3 heterocycles. The quantitative estimate of drug-likeness (QED) is 0.858. The molecule has 2 aliphatic carbocycles. The van der Waals surface area contributed by atoms with Gasteiger partial charge in [-0.05, 0) is 39.0 Å². The normalized spacial score (nSPS) is 23.9. The number of aromatic nitrogens is 3. The van der Waals surface area contributed by atoms with Crippen LogP contribution in [0.25, 0.3) is 0 Å². The van der Waals surface area contributed by atoms with E-state index in [1.165, 1.54) is 0 Å². The third-order valence-corrected chi connectivity index (χ3v) is 5.16. The van der Waals surface area contributed by atoms with Gasteiger partial charge in [0.15, 0.2) is 11.7 Å². The molecule has 2 aromatic heterocycles. The van der Waals surface area contributed by atoms with E-state index in [1.807, 2.05) is 11.8 Å². The molecular formula is C17H20N4O3. The molecule has 3 aliphatic rings. The first kappa shape index (κ1) is 14.2. The molecule has 2 saturated carbocycles. The Bertz CT molecular complexity index is 788. The monoisotopic (exact) mass is 328 g/mol. The SMILES string of the molecule is Cc1nc(C2CC2)oc1C(=O)N1CCC(c2nc(C3CC3)no2)C1. The second-order valence-corrected chi connectivity index (χ2v) is 7.24. The Hall–Kier alpha value is -2.18. The Morgan fingerprint density at radius 2 is 1.83 bits per heavy atom. The molecule has 5 rings (SSSR count). The van der Waals surface area contributed by atoms with E-state index in [0.29, 0.717) is 42.3 Å². The van der Waals surface area contributed by atoms with Crippen molar-refractivity contribution in [2.75, 3.05) is 13.1 Å². The highest BCUT2D eigenvalue weighted by molar-refractivity contribution is 5.92. The van der Waals surface area contributed by atoms with E-state index < -0.39 is 0 Å². The molecule has 126 valence electrons. The fourth-order valence-corrected chi connectivity index (χ4v) is 3.33. The van der Waals surface area contributed by atoms with Gasteiger partial charge in [0.2, 0.25) is 11.7 Å². The van der Waals surface area contributed by atoms with Crippen LogP contribution in [0.1, 0.15) is 83.7 Å². The summed E-state index contributed by atoms with van der Waals surface area (Å²) in [5.41, 5.74) is 0.694. The van der Waals surface area contributed by atoms with Crippen LogP contribution in [0.3, 0.4) is 0 Å².